The second-order valence-corrected chi connectivity index (χ2v) is 4.82. The maximum Gasteiger partial charge on any atom is 0.0983 e. The number of rotatable bonds is 3. The molecule has 2 atom stereocenters. The molecule has 1 aliphatic rings. The van der Waals surface area contributed by atoms with Crippen molar-refractivity contribution in [1.82, 2.24) is 5.32 Å². The molecule has 2 heteroatoms. The molecule has 0 saturated heterocycles. The van der Waals surface area contributed by atoms with Gasteiger partial charge < -0.3 is 10.4 Å². The van der Waals surface area contributed by atoms with E-state index in [4.69, 9.17) is 0 Å². The third-order valence-electron chi connectivity index (χ3n) is 3.64. The largest absolute Gasteiger partial charge is 0.384 e. The summed E-state index contributed by atoms with van der Waals surface area (Å²) in [5.41, 5.74) is 0.449. The van der Waals surface area contributed by atoms with Gasteiger partial charge >= 0.3 is 0 Å². The number of aliphatic hydroxyl groups is 1. The summed E-state index contributed by atoms with van der Waals surface area (Å²) >= 11 is 0. The predicted molar refractivity (Wildman–Crippen MR) is 71.7 cm³/mol. The van der Waals surface area contributed by atoms with E-state index in [1.807, 2.05) is 37.4 Å². The van der Waals surface area contributed by atoms with E-state index in [2.05, 4.69) is 17.4 Å². The van der Waals surface area contributed by atoms with Gasteiger partial charge in [-0.25, -0.2) is 0 Å². The molecule has 0 heterocycles. The van der Waals surface area contributed by atoms with Crippen LogP contribution in [0.1, 0.15) is 31.2 Å². The summed E-state index contributed by atoms with van der Waals surface area (Å²) in [6.45, 7) is 0. The van der Waals surface area contributed by atoms with E-state index in [0.717, 1.165) is 24.8 Å². The van der Waals surface area contributed by atoms with Crippen molar-refractivity contribution in [3.05, 3.63) is 42.0 Å². The lowest BCUT2D eigenvalue weighted by molar-refractivity contribution is 0.0207. The van der Waals surface area contributed by atoms with Gasteiger partial charge in [-0.3, -0.25) is 0 Å². The highest BCUT2D eigenvalue weighted by Crippen LogP contribution is 2.30. The van der Waals surface area contributed by atoms with Gasteiger partial charge in [-0.1, -0.05) is 55.3 Å². The maximum absolute atomic E-state index is 10.6. The van der Waals surface area contributed by atoms with E-state index < -0.39 is 5.60 Å². The van der Waals surface area contributed by atoms with Crippen molar-refractivity contribution in [3.8, 4) is 0 Å². The Kier molecular flexibility index (Phi) is 3.97. The molecule has 17 heavy (non-hydrogen) atoms. The normalized spacial score (nSPS) is 29.6. The Morgan fingerprint density at radius 1 is 1.29 bits per heavy atom. The van der Waals surface area contributed by atoms with E-state index in [-0.39, 0.29) is 6.04 Å². The van der Waals surface area contributed by atoms with Crippen LogP contribution in [0.2, 0.25) is 0 Å². The highest BCUT2D eigenvalue weighted by atomic mass is 16.3. The van der Waals surface area contributed by atoms with Gasteiger partial charge in [0.1, 0.15) is 0 Å². The quantitative estimate of drug-likeness (QED) is 0.838. The fourth-order valence-corrected chi connectivity index (χ4v) is 2.58. The molecular formula is C15H21NO. The predicted octanol–water partition coefficient (Wildman–Crippen LogP) is 2.59. The first-order valence-corrected chi connectivity index (χ1v) is 6.38. The zero-order chi connectivity index (χ0) is 12.1. The summed E-state index contributed by atoms with van der Waals surface area (Å²) in [5, 5.41) is 13.9. The molecule has 0 aromatic heterocycles. The zero-order valence-electron chi connectivity index (χ0n) is 10.4. The summed E-state index contributed by atoms with van der Waals surface area (Å²) in [5.74, 6) is 0. The van der Waals surface area contributed by atoms with E-state index in [9.17, 15) is 5.11 Å². The molecule has 1 aromatic rings. The van der Waals surface area contributed by atoms with Crippen LogP contribution in [-0.4, -0.2) is 23.8 Å². The third kappa shape index (κ3) is 2.96. The lowest BCUT2D eigenvalue weighted by Gasteiger charge is -2.37. The molecule has 0 amide bonds. The van der Waals surface area contributed by atoms with Gasteiger partial charge in [0.25, 0.3) is 0 Å². The minimum absolute atomic E-state index is 0.177. The second-order valence-electron chi connectivity index (χ2n) is 4.82. The third-order valence-corrected chi connectivity index (χ3v) is 3.64. The van der Waals surface area contributed by atoms with Gasteiger partial charge in [-0.15, -0.1) is 0 Å². The average molecular weight is 231 g/mol. The Bertz CT molecular complexity index is 374. The highest BCUT2D eigenvalue weighted by molar-refractivity contribution is 5.50. The van der Waals surface area contributed by atoms with E-state index in [1.165, 1.54) is 6.42 Å². The van der Waals surface area contributed by atoms with E-state index in [0.29, 0.717) is 0 Å². The molecular weight excluding hydrogens is 210 g/mol. The topological polar surface area (TPSA) is 32.3 Å². The van der Waals surface area contributed by atoms with Crippen LogP contribution < -0.4 is 5.32 Å². The van der Waals surface area contributed by atoms with Gasteiger partial charge in [-0.2, -0.15) is 0 Å². The molecule has 2 rings (SSSR count). The van der Waals surface area contributed by atoms with Gasteiger partial charge in [0.2, 0.25) is 0 Å². The molecule has 0 radical (unpaired) electrons. The molecule has 1 fully saturated rings. The fraction of sp³-hybridized carbons (Fsp3) is 0.467. The first kappa shape index (κ1) is 12.3. The Hall–Kier alpha value is -1.12. The summed E-state index contributed by atoms with van der Waals surface area (Å²) < 4.78 is 0. The van der Waals surface area contributed by atoms with Crippen LogP contribution in [0.4, 0.5) is 0 Å². The number of likely N-dealkylation sites (N-methyl/N-ethyl adjacent to an activating group) is 1. The number of hydrogen-bond acceptors (Lipinski definition) is 2. The maximum atomic E-state index is 10.6. The van der Waals surface area contributed by atoms with Crippen molar-refractivity contribution in [3.63, 3.8) is 0 Å². The highest BCUT2D eigenvalue weighted by Gasteiger charge is 2.35. The van der Waals surface area contributed by atoms with Gasteiger partial charge in [0.15, 0.2) is 0 Å². The fourth-order valence-electron chi connectivity index (χ4n) is 2.58. The molecule has 2 N–H and O–H groups in total. The number of benzene rings is 1. The molecule has 1 saturated carbocycles. The minimum atomic E-state index is -0.692. The summed E-state index contributed by atoms with van der Waals surface area (Å²) in [6, 6.07) is 10.3. The molecule has 1 aromatic carbocycles. The Balaban J connectivity index is 2.12. The van der Waals surface area contributed by atoms with Gasteiger partial charge in [0.05, 0.1) is 5.60 Å². The Labute approximate surface area is 103 Å². The molecule has 1 aliphatic carbocycles. The number of nitrogens with one attached hydrogen (secondary N) is 1. The van der Waals surface area contributed by atoms with Crippen LogP contribution in [-0.2, 0) is 0 Å². The van der Waals surface area contributed by atoms with Crippen molar-refractivity contribution in [2.45, 2.75) is 37.3 Å². The molecule has 0 bridgehead atoms. The van der Waals surface area contributed by atoms with Crippen LogP contribution in [0.5, 0.6) is 0 Å². The Morgan fingerprint density at radius 3 is 2.76 bits per heavy atom. The molecule has 2 nitrogen and oxygen atoms in total. The van der Waals surface area contributed by atoms with Gasteiger partial charge in [0, 0.05) is 6.04 Å². The van der Waals surface area contributed by atoms with E-state index in [1.54, 1.807) is 0 Å². The summed E-state index contributed by atoms with van der Waals surface area (Å²) in [7, 11) is 1.93. The lowest BCUT2D eigenvalue weighted by Crippen LogP contribution is -2.50. The van der Waals surface area contributed by atoms with Crippen molar-refractivity contribution < 1.29 is 5.11 Å². The van der Waals surface area contributed by atoms with E-state index >= 15 is 0 Å². The van der Waals surface area contributed by atoms with Crippen LogP contribution in [0.25, 0.3) is 6.08 Å². The molecule has 0 spiro atoms. The number of hydrogen-bond donors (Lipinski definition) is 2. The smallest absolute Gasteiger partial charge is 0.0983 e. The Morgan fingerprint density at radius 2 is 2.06 bits per heavy atom. The van der Waals surface area contributed by atoms with Crippen LogP contribution in [0.15, 0.2) is 36.4 Å². The van der Waals surface area contributed by atoms with Crippen molar-refractivity contribution in [2.24, 2.45) is 0 Å². The summed E-state index contributed by atoms with van der Waals surface area (Å²) in [6.07, 6.45) is 8.19. The summed E-state index contributed by atoms with van der Waals surface area (Å²) in [4.78, 5) is 0. The lowest BCUT2D eigenvalue weighted by atomic mass is 9.80. The standard InChI is InChI=1S/C15H21NO/c1-16-14-9-5-6-11-15(14,17)12-10-13-7-3-2-4-8-13/h2-4,7-8,10,12,14,16-17H,5-6,9,11H2,1H3/b12-10+/t14-,15+/m1/s1. The minimum Gasteiger partial charge on any atom is -0.384 e. The van der Waals surface area contributed by atoms with Crippen LogP contribution >= 0.6 is 0 Å². The SMILES string of the molecule is CN[C@@H]1CCCC[C@]1(O)/C=C/c1ccccc1. The first-order chi connectivity index (χ1) is 8.24. The molecule has 0 aliphatic heterocycles. The van der Waals surface area contributed by atoms with Crippen LogP contribution in [0, 0.1) is 0 Å². The van der Waals surface area contributed by atoms with Crippen molar-refractivity contribution in [2.75, 3.05) is 7.05 Å². The zero-order valence-corrected chi connectivity index (χ0v) is 10.4. The average Bonchev–Trinajstić information content (AvgIpc) is 2.38. The van der Waals surface area contributed by atoms with Gasteiger partial charge in [-0.05, 0) is 25.5 Å². The first-order valence-electron chi connectivity index (χ1n) is 6.38. The van der Waals surface area contributed by atoms with Crippen molar-refractivity contribution >= 4 is 6.08 Å². The monoisotopic (exact) mass is 231 g/mol. The van der Waals surface area contributed by atoms with Crippen LogP contribution in [0.3, 0.4) is 0 Å². The molecule has 0 unspecified atom stereocenters. The van der Waals surface area contributed by atoms with Crippen molar-refractivity contribution in [1.29, 1.82) is 0 Å². The molecule has 92 valence electrons. The second kappa shape index (κ2) is 5.48.